The summed E-state index contributed by atoms with van der Waals surface area (Å²) in [5.41, 5.74) is 7.45. The van der Waals surface area contributed by atoms with Crippen LogP contribution < -0.4 is 10.5 Å². The van der Waals surface area contributed by atoms with E-state index in [-0.39, 0.29) is 0 Å². The lowest BCUT2D eigenvalue weighted by Gasteiger charge is -2.12. The fourth-order valence-electron chi connectivity index (χ4n) is 1.47. The van der Waals surface area contributed by atoms with E-state index in [9.17, 15) is 0 Å². The van der Waals surface area contributed by atoms with E-state index >= 15 is 0 Å². The molecule has 18 heavy (non-hydrogen) atoms. The molecule has 0 saturated carbocycles. The Balaban J connectivity index is 2.40. The summed E-state index contributed by atoms with van der Waals surface area (Å²) in [6.07, 6.45) is 1.67. The van der Waals surface area contributed by atoms with E-state index in [1.54, 1.807) is 12.3 Å². The predicted molar refractivity (Wildman–Crippen MR) is 83.0 cm³/mol. The minimum Gasteiger partial charge on any atom is -0.435 e. The summed E-state index contributed by atoms with van der Waals surface area (Å²) in [6, 6.07) is 5.61. The van der Waals surface area contributed by atoms with Crippen LogP contribution in [0.4, 0.5) is 5.69 Å². The van der Waals surface area contributed by atoms with Crippen LogP contribution >= 0.6 is 47.8 Å². The summed E-state index contributed by atoms with van der Waals surface area (Å²) < 4.78 is 8.32. The van der Waals surface area contributed by atoms with Gasteiger partial charge in [0.25, 0.3) is 0 Å². The van der Waals surface area contributed by atoms with E-state index in [0.29, 0.717) is 17.3 Å². The molecule has 0 atom stereocenters. The topological polar surface area (TPSA) is 48.1 Å². The molecule has 2 rings (SSSR count). The third-order valence-corrected chi connectivity index (χ3v) is 3.70. The zero-order valence-electron chi connectivity index (χ0n) is 9.38. The lowest BCUT2D eigenvalue weighted by atomic mass is 10.2. The number of halogens is 3. The minimum atomic E-state index is 0.482. The van der Waals surface area contributed by atoms with Gasteiger partial charge in [0.2, 0.25) is 5.88 Å². The maximum Gasteiger partial charge on any atom is 0.233 e. The maximum absolute atomic E-state index is 5.94. The number of aromatic nitrogens is 1. The van der Waals surface area contributed by atoms with Crippen molar-refractivity contribution in [1.29, 1.82) is 0 Å². The molecule has 0 saturated heterocycles. The molecule has 0 unspecified atom stereocenters. The number of nitrogen functional groups attached to an aromatic ring is 1. The number of pyridine rings is 1. The van der Waals surface area contributed by atoms with Crippen LogP contribution in [0.1, 0.15) is 5.56 Å². The lowest BCUT2D eigenvalue weighted by molar-refractivity contribution is 0.458. The largest absolute Gasteiger partial charge is 0.435 e. The van der Waals surface area contributed by atoms with Gasteiger partial charge >= 0.3 is 0 Å². The minimum absolute atomic E-state index is 0.482. The molecule has 0 fully saturated rings. The SMILES string of the molecule is Cc1cc(Br)cc(N)c1Oc1ncc(Br)cc1Br. The highest BCUT2D eigenvalue weighted by atomic mass is 79.9. The average Bonchev–Trinajstić information content (AvgIpc) is 2.25. The van der Waals surface area contributed by atoms with Crippen molar-refractivity contribution < 1.29 is 4.74 Å². The second-order valence-corrected chi connectivity index (χ2v) is 6.37. The molecule has 6 heteroatoms. The Morgan fingerprint density at radius 3 is 2.44 bits per heavy atom. The van der Waals surface area contributed by atoms with Crippen LogP contribution in [0.25, 0.3) is 0 Å². The smallest absolute Gasteiger partial charge is 0.233 e. The monoisotopic (exact) mass is 434 g/mol. The van der Waals surface area contributed by atoms with Crippen LogP contribution in [0.15, 0.2) is 37.8 Å². The molecule has 94 valence electrons. The van der Waals surface area contributed by atoms with Gasteiger partial charge in [-0.2, -0.15) is 0 Å². The molecule has 0 amide bonds. The first-order valence-electron chi connectivity index (χ1n) is 5.02. The Hall–Kier alpha value is -0.590. The van der Waals surface area contributed by atoms with Gasteiger partial charge in [-0.1, -0.05) is 15.9 Å². The fourth-order valence-corrected chi connectivity index (χ4v) is 3.13. The first kappa shape index (κ1) is 13.8. The van der Waals surface area contributed by atoms with Crippen molar-refractivity contribution in [3.8, 4) is 11.6 Å². The Bertz CT molecular complexity index is 579. The highest BCUT2D eigenvalue weighted by Gasteiger charge is 2.11. The second-order valence-electron chi connectivity index (χ2n) is 3.68. The van der Waals surface area contributed by atoms with Gasteiger partial charge in [0.1, 0.15) is 0 Å². The summed E-state index contributed by atoms with van der Waals surface area (Å²) in [5.74, 6) is 1.10. The molecule has 2 N–H and O–H groups in total. The summed E-state index contributed by atoms with van der Waals surface area (Å²) in [4.78, 5) is 4.19. The highest BCUT2D eigenvalue weighted by Crippen LogP contribution is 2.36. The maximum atomic E-state index is 5.94. The van der Waals surface area contributed by atoms with Gasteiger partial charge < -0.3 is 10.5 Å². The molecule has 1 heterocycles. The molecule has 2 aromatic rings. The Labute approximate surface area is 130 Å². The number of hydrogen-bond donors (Lipinski definition) is 1. The lowest BCUT2D eigenvalue weighted by Crippen LogP contribution is -1.97. The van der Waals surface area contributed by atoms with E-state index in [4.69, 9.17) is 10.5 Å². The van der Waals surface area contributed by atoms with Gasteiger partial charge in [-0.15, -0.1) is 0 Å². The quantitative estimate of drug-likeness (QED) is 0.670. The predicted octanol–water partition coefficient (Wildman–Crippen LogP) is 5.05. The fraction of sp³-hybridized carbons (Fsp3) is 0.0833. The van der Waals surface area contributed by atoms with Crippen LogP contribution in [0.3, 0.4) is 0 Å². The summed E-state index contributed by atoms with van der Waals surface area (Å²) >= 11 is 10.1. The van der Waals surface area contributed by atoms with Crippen molar-refractivity contribution in [3.05, 3.63) is 43.4 Å². The second kappa shape index (κ2) is 5.59. The molecule has 0 aliphatic rings. The Morgan fingerprint density at radius 1 is 1.11 bits per heavy atom. The Kier molecular flexibility index (Phi) is 4.29. The van der Waals surface area contributed by atoms with Crippen molar-refractivity contribution in [2.75, 3.05) is 5.73 Å². The van der Waals surface area contributed by atoms with Crippen molar-refractivity contribution in [3.63, 3.8) is 0 Å². The number of aryl methyl sites for hydroxylation is 1. The summed E-state index contributed by atoms with van der Waals surface area (Å²) in [6.45, 7) is 1.93. The number of ether oxygens (including phenoxy) is 1. The number of nitrogens with zero attached hydrogens (tertiary/aromatic N) is 1. The zero-order chi connectivity index (χ0) is 13.3. The highest BCUT2D eigenvalue weighted by molar-refractivity contribution is 9.11. The third-order valence-electron chi connectivity index (χ3n) is 2.24. The molecular weight excluding hydrogens is 428 g/mol. The van der Waals surface area contributed by atoms with Gasteiger partial charge in [-0.05, 0) is 62.5 Å². The van der Waals surface area contributed by atoms with Gasteiger partial charge in [0, 0.05) is 15.1 Å². The van der Waals surface area contributed by atoms with E-state index < -0.39 is 0 Å². The molecule has 0 aliphatic heterocycles. The van der Waals surface area contributed by atoms with Gasteiger partial charge in [0.05, 0.1) is 10.2 Å². The van der Waals surface area contributed by atoms with Crippen LogP contribution in [-0.2, 0) is 0 Å². The Morgan fingerprint density at radius 2 is 1.83 bits per heavy atom. The molecule has 0 spiro atoms. The number of nitrogens with two attached hydrogens (primary N) is 1. The third kappa shape index (κ3) is 3.05. The van der Waals surface area contributed by atoms with E-state index in [1.165, 1.54) is 0 Å². The summed E-state index contributed by atoms with van der Waals surface area (Å²) in [5, 5.41) is 0. The molecule has 3 nitrogen and oxygen atoms in total. The normalized spacial score (nSPS) is 10.4. The van der Waals surface area contributed by atoms with Crippen LogP contribution in [0.2, 0.25) is 0 Å². The van der Waals surface area contributed by atoms with Crippen molar-refractivity contribution >= 4 is 53.5 Å². The van der Waals surface area contributed by atoms with Crippen molar-refractivity contribution in [2.45, 2.75) is 6.92 Å². The van der Waals surface area contributed by atoms with Gasteiger partial charge in [0.15, 0.2) is 5.75 Å². The van der Waals surface area contributed by atoms with E-state index in [2.05, 4.69) is 52.8 Å². The van der Waals surface area contributed by atoms with Crippen LogP contribution in [0, 0.1) is 6.92 Å². The molecule has 0 radical (unpaired) electrons. The molecule has 1 aromatic heterocycles. The van der Waals surface area contributed by atoms with E-state index in [0.717, 1.165) is 19.0 Å². The van der Waals surface area contributed by atoms with E-state index in [1.807, 2.05) is 19.1 Å². The summed E-state index contributed by atoms with van der Waals surface area (Å²) in [7, 11) is 0. The molecule has 0 aliphatic carbocycles. The molecule has 1 aromatic carbocycles. The number of rotatable bonds is 2. The number of anilines is 1. The van der Waals surface area contributed by atoms with Crippen molar-refractivity contribution in [2.24, 2.45) is 0 Å². The standard InChI is InChI=1S/C12H9Br3N2O/c1-6-2-7(13)4-10(16)11(6)18-12-9(15)3-8(14)5-17-12/h2-5H,16H2,1H3. The number of benzene rings is 1. The first-order valence-corrected chi connectivity index (χ1v) is 7.40. The van der Waals surface area contributed by atoms with Crippen molar-refractivity contribution in [1.82, 2.24) is 4.98 Å². The van der Waals surface area contributed by atoms with Crippen LogP contribution in [-0.4, -0.2) is 4.98 Å². The number of hydrogen-bond acceptors (Lipinski definition) is 3. The zero-order valence-corrected chi connectivity index (χ0v) is 14.1. The first-order chi connectivity index (χ1) is 8.47. The molecule has 0 bridgehead atoms. The average molecular weight is 437 g/mol. The van der Waals surface area contributed by atoms with Crippen LogP contribution in [0.5, 0.6) is 11.6 Å². The van der Waals surface area contributed by atoms with Gasteiger partial charge in [-0.25, -0.2) is 4.98 Å². The van der Waals surface area contributed by atoms with Gasteiger partial charge in [-0.3, -0.25) is 0 Å². The molecular formula is C12H9Br3N2O.